The van der Waals surface area contributed by atoms with Gasteiger partial charge < -0.3 is 14.4 Å². The second kappa shape index (κ2) is 7.28. The second-order valence-electron chi connectivity index (χ2n) is 4.15. The minimum absolute atomic E-state index is 0.191. The van der Waals surface area contributed by atoms with Crippen molar-refractivity contribution in [2.24, 2.45) is 0 Å². The van der Waals surface area contributed by atoms with Crippen LogP contribution in [0.5, 0.6) is 0 Å². The highest BCUT2D eigenvalue weighted by Crippen LogP contribution is 2.30. The molecule has 0 spiro atoms. The summed E-state index contributed by atoms with van der Waals surface area (Å²) >= 11 is 3.29. The molecule has 6 heteroatoms. The first-order valence-corrected chi connectivity index (χ1v) is 7.07. The van der Waals surface area contributed by atoms with E-state index in [1.165, 1.54) is 0 Å². The average molecular weight is 344 g/mol. The number of nitrogens with zero attached hydrogens (tertiary/aromatic N) is 1. The zero-order valence-corrected chi connectivity index (χ0v) is 13.6. The predicted octanol–water partition coefficient (Wildman–Crippen LogP) is 2.87. The number of ether oxygens (including phenoxy) is 2. The van der Waals surface area contributed by atoms with Gasteiger partial charge in [-0.3, -0.25) is 0 Å². The summed E-state index contributed by atoms with van der Waals surface area (Å²) in [6.07, 6.45) is 0. The van der Waals surface area contributed by atoms with Crippen LogP contribution in [0.4, 0.5) is 5.69 Å². The number of hydrogen-bond donors (Lipinski definition) is 0. The molecule has 110 valence electrons. The minimum Gasteiger partial charge on any atom is -0.462 e. The van der Waals surface area contributed by atoms with Crippen LogP contribution in [0.2, 0.25) is 0 Å². The Hall–Kier alpha value is -1.56. The molecule has 0 aliphatic heterocycles. The highest BCUT2D eigenvalue weighted by atomic mass is 79.9. The van der Waals surface area contributed by atoms with E-state index in [1.807, 2.05) is 0 Å². The summed E-state index contributed by atoms with van der Waals surface area (Å²) < 4.78 is 10.6. The molecule has 1 rings (SSSR count). The molecule has 0 saturated carbocycles. The predicted molar refractivity (Wildman–Crippen MR) is 80.4 cm³/mol. The molecule has 0 aliphatic rings. The maximum absolute atomic E-state index is 12.2. The van der Waals surface area contributed by atoms with Crippen LogP contribution in [0.1, 0.15) is 34.6 Å². The van der Waals surface area contributed by atoms with Gasteiger partial charge in [-0.2, -0.15) is 0 Å². The minimum atomic E-state index is -0.550. The van der Waals surface area contributed by atoms with Gasteiger partial charge in [0.25, 0.3) is 0 Å². The fraction of sp³-hybridized carbons (Fsp3) is 0.429. The van der Waals surface area contributed by atoms with E-state index in [0.29, 0.717) is 10.2 Å². The normalized spacial score (nSPS) is 10.1. The molecule has 0 unspecified atom stereocenters. The lowest BCUT2D eigenvalue weighted by Gasteiger charge is -2.19. The van der Waals surface area contributed by atoms with Crippen LogP contribution in [-0.4, -0.2) is 39.2 Å². The molecule has 0 N–H and O–H groups in total. The summed E-state index contributed by atoms with van der Waals surface area (Å²) in [5.41, 5.74) is 1.01. The summed E-state index contributed by atoms with van der Waals surface area (Å²) in [5.74, 6) is -1.09. The van der Waals surface area contributed by atoms with E-state index in [0.717, 1.165) is 0 Å². The SMILES string of the molecule is CCOC(=O)c1c(Br)ccc(N(C)C)c1C(=O)OCC. The number of hydrogen-bond acceptors (Lipinski definition) is 5. The molecular formula is C14H18BrNO4. The van der Waals surface area contributed by atoms with Crippen molar-refractivity contribution >= 4 is 33.6 Å². The average Bonchev–Trinajstić information content (AvgIpc) is 2.38. The first-order chi connectivity index (χ1) is 9.43. The third-order valence-electron chi connectivity index (χ3n) is 2.57. The Balaban J connectivity index is 3.49. The van der Waals surface area contributed by atoms with E-state index in [-0.39, 0.29) is 24.3 Å². The van der Waals surface area contributed by atoms with E-state index in [1.54, 1.807) is 45.0 Å². The molecular weight excluding hydrogens is 326 g/mol. The van der Waals surface area contributed by atoms with Crippen LogP contribution in [0.25, 0.3) is 0 Å². The standard InChI is InChI=1S/C14H18BrNO4/c1-5-19-13(17)11-9(15)7-8-10(16(3)4)12(11)14(18)20-6-2/h7-8H,5-6H2,1-4H3. The van der Waals surface area contributed by atoms with Crippen LogP contribution < -0.4 is 4.90 Å². The van der Waals surface area contributed by atoms with E-state index in [4.69, 9.17) is 9.47 Å². The summed E-state index contributed by atoms with van der Waals surface area (Å²) in [6.45, 7) is 3.90. The molecule has 0 bridgehead atoms. The Morgan fingerprint density at radius 1 is 1.05 bits per heavy atom. The van der Waals surface area contributed by atoms with Crippen molar-refractivity contribution in [1.29, 1.82) is 0 Å². The van der Waals surface area contributed by atoms with E-state index >= 15 is 0 Å². The number of carbonyl (C=O) groups excluding carboxylic acids is 2. The number of anilines is 1. The number of halogens is 1. The topological polar surface area (TPSA) is 55.8 Å². The van der Waals surface area contributed by atoms with Crippen molar-refractivity contribution in [3.63, 3.8) is 0 Å². The molecule has 0 aliphatic carbocycles. The molecule has 1 aromatic rings. The molecule has 0 atom stereocenters. The largest absolute Gasteiger partial charge is 0.462 e. The quantitative estimate of drug-likeness (QED) is 0.769. The van der Waals surface area contributed by atoms with E-state index in [2.05, 4.69) is 15.9 Å². The number of rotatable bonds is 5. The van der Waals surface area contributed by atoms with E-state index < -0.39 is 11.9 Å². The van der Waals surface area contributed by atoms with Gasteiger partial charge in [0, 0.05) is 18.6 Å². The molecule has 1 aromatic carbocycles. The maximum atomic E-state index is 12.2. The van der Waals surface area contributed by atoms with Crippen LogP contribution in [0.15, 0.2) is 16.6 Å². The van der Waals surface area contributed by atoms with Gasteiger partial charge in [0.15, 0.2) is 0 Å². The maximum Gasteiger partial charge on any atom is 0.341 e. The summed E-state index contributed by atoms with van der Waals surface area (Å²) in [7, 11) is 3.59. The highest BCUT2D eigenvalue weighted by molar-refractivity contribution is 9.10. The van der Waals surface area contributed by atoms with Gasteiger partial charge >= 0.3 is 11.9 Å². The van der Waals surface area contributed by atoms with Gasteiger partial charge in [-0.1, -0.05) is 0 Å². The summed E-state index contributed by atoms with van der Waals surface area (Å²) in [4.78, 5) is 26.0. The molecule has 0 heterocycles. The number of benzene rings is 1. The van der Waals surface area contributed by atoms with Crippen LogP contribution in [-0.2, 0) is 9.47 Å². The monoisotopic (exact) mass is 343 g/mol. The molecule has 0 amide bonds. The van der Waals surface area contributed by atoms with Crippen molar-refractivity contribution in [2.75, 3.05) is 32.2 Å². The third-order valence-corrected chi connectivity index (χ3v) is 3.23. The van der Waals surface area contributed by atoms with Crippen molar-refractivity contribution in [3.05, 3.63) is 27.7 Å². The Morgan fingerprint density at radius 3 is 2.00 bits per heavy atom. The fourth-order valence-corrected chi connectivity index (χ4v) is 2.24. The summed E-state index contributed by atoms with van der Waals surface area (Å²) in [5, 5.41) is 0. The lowest BCUT2D eigenvalue weighted by atomic mass is 10.0. The van der Waals surface area contributed by atoms with Gasteiger partial charge in [-0.25, -0.2) is 9.59 Å². The molecule has 0 saturated heterocycles. The third kappa shape index (κ3) is 3.50. The zero-order chi connectivity index (χ0) is 15.3. The van der Waals surface area contributed by atoms with Crippen LogP contribution in [0, 0.1) is 0 Å². The number of esters is 2. The van der Waals surface area contributed by atoms with Gasteiger partial charge in [-0.15, -0.1) is 0 Å². The first-order valence-electron chi connectivity index (χ1n) is 6.28. The Labute approximate surface area is 127 Å². The van der Waals surface area contributed by atoms with Gasteiger partial charge in [0.05, 0.1) is 30.0 Å². The highest BCUT2D eigenvalue weighted by Gasteiger charge is 2.26. The van der Waals surface area contributed by atoms with Crippen molar-refractivity contribution in [3.8, 4) is 0 Å². The molecule has 5 nitrogen and oxygen atoms in total. The second-order valence-corrected chi connectivity index (χ2v) is 5.01. The van der Waals surface area contributed by atoms with Crippen molar-refractivity contribution < 1.29 is 19.1 Å². The van der Waals surface area contributed by atoms with Gasteiger partial charge in [0.2, 0.25) is 0 Å². The van der Waals surface area contributed by atoms with Crippen molar-refractivity contribution in [2.45, 2.75) is 13.8 Å². The molecule has 0 aromatic heterocycles. The zero-order valence-electron chi connectivity index (χ0n) is 12.0. The molecule has 0 radical (unpaired) electrons. The lowest BCUT2D eigenvalue weighted by Crippen LogP contribution is -2.20. The number of carbonyl (C=O) groups is 2. The Kier molecular flexibility index (Phi) is 6.01. The summed E-state index contributed by atoms with van der Waals surface area (Å²) in [6, 6.07) is 3.46. The Bertz CT molecular complexity index is 514. The lowest BCUT2D eigenvalue weighted by molar-refractivity contribution is 0.0478. The fourth-order valence-electron chi connectivity index (χ4n) is 1.75. The van der Waals surface area contributed by atoms with Crippen LogP contribution >= 0.6 is 15.9 Å². The van der Waals surface area contributed by atoms with Gasteiger partial charge in [-0.05, 0) is 41.9 Å². The first kappa shape index (κ1) is 16.5. The molecule has 0 fully saturated rings. The van der Waals surface area contributed by atoms with E-state index in [9.17, 15) is 9.59 Å². The smallest absolute Gasteiger partial charge is 0.341 e. The van der Waals surface area contributed by atoms with Gasteiger partial charge in [0.1, 0.15) is 0 Å². The van der Waals surface area contributed by atoms with Crippen LogP contribution in [0.3, 0.4) is 0 Å². The molecule has 20 heavy (non-hydrogen) atoms. The van der Waals surface area contributed by atoms with Crippen molar-refractivity contribution in [1.82, 2.24) is 0 Å². The Morgan fingerprint density at radius 2 is 1.55 bits per heavy atom.